The van der Waals surface area contributed by atoms with Crippen molar-refractivity contribution in [2.45, 2.75) is 6.04 Å². The smallest absolute Gasteiger partial charge is 0.252 e. The summed E-state index contributed by atoms with van der Waals surface area (Å²) in [4.78, 5) is 23.8. The fourth-order valence-corrected chi connectivity index (χ4v) is 2.65. The first-order valence-corrected chi connectivity index (χ1v) is 7.31. The summed E-state index contributed by atoms with van der Waals surface area (Å²) in [7, 11) is 1.62. The molecule has 0 unspecified atom stereocenters. The number of halogens is 2. The van der Waals surface area contributed by atoms with Gasteiger partial charge in [0.2, 0.25) is 0 Å². The Morgan fingerprint density at radius 3 is 2.86 bits per heavy atom. The third kappa shape index (κ3) is 2.58. The van der Waals surface area contributed by atoms with Gasteiger partial charge in [-0.2, -0.15) is 0 Å². The van der Waals surface area contributed by atoms with Crippen molar-refractivity contribution >= 4 is 29.1 Å². The summed E-state index contributed by atoms with van der Waals surface area (Å²) in [5.41, 5.74) is 0.828. The minimum Gasteiger partial charge on any atom is -0.489 e. The number of aryl methyl sites for hydroxylation is 1. The van der Waals surface area contributed by atoms with Crippen LogP contribution in [-0.4, -0.2) is 17.1 Å². The molecular weight excluding hydrogens is 327 g/mol. The summed E-state index contributed by atoms with van der Waals surface area (Å²) in [6, 6.07) is 5.98. The summed E-state index contributed by atoms with van der Waals surface area (Å²) in [5.74, 6) is 0.147. The Balaban J connectivity index is 1.84. The molecule has 2 heterocycles. The maximum absolute atomic E-state index is 12.3. The van der Waals surface area contributed by atoms with E-state index in [9.17, 15) is 9.59 Å². The van der Waals surface area contributed by atoms with Crippen molar-refractivity contribution in [3.8, 4) is 5.75 Å². The first-order valence-electron chi connectivity index (χ1n) is 6.55. The second-order valence-corrected chi connectivity index (χ2v) is 5.77. The Morgan fingerprint density at radius 1 is 1.36 bits per heavy atom. The van der Waals surface area contributed by atoms with E-state index in [2.05, 4.69) is 5.32 Å². The molecule has 1 aliphatic heterocycles. The molecule has 22 heavy (non-hydrogen) atoms. The van der Waals surface area contributed by atoms with E-state index in [1.54, 1.807) is 31.4 Å². The molecule has 114 valence electrons. The number of aromatic nitrogens is 1. The van der Waals surface area contributed by atoms with Crippen LogP contribution in [-0.2, 0) is 7.05 Å². The van der Waals surface area contributed by atoms with Crippen molar-refractivity contribution in [2.75, 3.05) is 6.61 Å². The topological polar surface area (TPSA) is 60.3 Å². The molecule has 0 saturated heterocycles. The lowest BCUT2D eigenvalue weighted by molar-refractivity contribution is 0.0930. The highest BCUT2D eigenvalue weighted by Gasteiger charge is 2.28. The van der Waals surface area contributed by atoms with Crippen LogP contribution in [0, 0.1) is 0 Å². The number of nitrogens with one attached hydrogen (secondary N) is 1. The molecule has 1 amide bonds. The molecule has 0 radical (unpaired) electrons. The number of nitrogens with zero attached hydrogens (tertiary/aromatic N) is 1. The number of pyridine rings is 1. The van der Waals surface area contributed by atoms with Gasteiger partial charge in [-0.3, -0.25) is 9.59 Å². The summed E-state index contributed by atoms with van der Waals surface area (Å²) < 4.78 is 6.90. The second kappa shape index (κ2) is 5.66. The monoisotopic (exact) mass is 338 g/mol. The molecule has 0 bridgehead atoms. The van der Waals surface area contributed by atoms with Crippen LogP contribution < -0.4 is 15.6 Å². The van der Waals surface area contributed by atoms with Crippen LogP contribution in [0.1, 0.15) is 22.0 Å². The Hall–Kier alpha value is -1.98. The molecule has 0 spiro atoms. The van der Waals surface area contributed by atoms with Crippen molar-refractivity contribution in [1.82, 2.24) is 9.88 Å². The molecular formula is C15H12Cl2N2O3. The zero-order valence-electron chi connectivity index (χ0n) is 11.6. The van der Waals surface area contributed by atoms with E-state index in [4.69, 9.17) is 27.9 Å². The van der Waals surface area contributed by atoms with Crippen molar-refractivity contribution in [1.29, 1.82) is 0 Å². The standard InChI is InChI=1S/C15H12Cl2N2O3/c1-19-5-4-8(6-12(19)20)15(21)18-11-7-22-14-9(11)2-3-10(16)13(14)17/h2-6,11H,7H2,1H3,(H,18,21)/t11-/m0/s1. The normalized spacial score (nSPS) is 16.0. The zero-order chi connectivity index (χ0) is 15.9. The quantitative estimate of drug-likeness (QED) is 0.915. The SMILES string of the molecule is Cn1ccc(C(=O)N[C@H]2COc3c2ccc(Cl)c3Cl)cc1=O. The maximum Gasteiger partial charge on any atom is 0.252 e. The van der Waals surface area contributed by atoms with Crippen LogP contribution in [0.3, 0.4) is 0 Å². The number of hydrogen-bond acceptors (Lipinski definition) is 3. The highest BCUT2D eigenvalue weighted by atomic mass is 35.5. The van der Waals surface area contributed by atoms with E-state index in [0.29, 0.717) is 21.4 Å². The summed E-state index contributed by atoms with van der Waals surface area (Å²) in [5, 5.41) is 3.57. The molecule has 1 aromatic heterocycles. The molecule has 5 nitrogen and oxygen atoms in total. The lowest BCUT2D eigenvalue weighted by atomic mass is 10.1. The third-order valence-electron chi connectivity index (χ3n) is 3.52. The fourth-order valence-electron chi connectivity index (χ4n) is 2.28. The number of fused-ring (bicyclic) bond motifs is 1. The summed E-state index contributed by atoms with van der Waals surface area (Å²) >= 11 is 12.0. The van der Waals surface area contributed by atoms with E-state index >= 15 is 0 Å². The van der Waals surface area contributed by atoms with Crippen LogP contribution in [0.5, 0.6) is 5.75 Å². The van der Waals surface area contributed by atoms with Gasteiger partial charge in [0.15, 0.2) is 0 Å². The van der Waals surface area contributed by atoms with Crippen LogP contribution in [0.15, 0.2) is 35.3 Å². The molecule has 1 atom stereocenters. The third-order valence-corrected chi connectivity index (χ3v) is 4.31. The van der Waals surface area contributed by atoms with Gasteiger partial charge in [-0.15, -0.1) is 0 Å². The minimum atomic E-state index is -0.342. The molecule has 0 fully saturated rings. The summed E-state index contributed by atoms with van der Waals surface area (Å²) in [6.07, 6.45) is 1.55. The van der Waals surface area contributed by atoms with Gasteiger partial charge in [0.25, 0.3) is 11.5 Å². The van der Waals surface area contributed by atoms with Crippen molar-refractivity contribution < 1.29 is 9.53 Å². The van der Waals surface area contributed by atoms with Crippen LogP contribution >= 0.6 is 23.2 Å². The molecule has 0 saturated carbocycles. The second-order valence-electron chi connectivity index (χ2n) is 4.98. The highest BCUT2D eigenvalue weighted by Crippen LogP contribution is 2.42. The van der Waals surface area contributed by atoms with Gasteiger partial charge in [0.1, 0.15) is 17.4 Å². The Morgan fingerprint density at radius 2 is 2.14 bits per heavy atom. The highest BCUT2D eigenvalue weighted by molar-refractivity contribution is 6.43. The largest absolute Gasteiger partial charge is 0.489 e. The molecule has 3 rings (SSSR count). The van der Waals surface area contributed by atoms with Crippen LogP contribution in [0.25, 0.3) is 0 Å². The first kappa shape index (κ1) is 14.9. The van der Waals surface area contributed by atoms with E-state index < -0.39 is 0 Å². The molecule has 7 heteroatoms. The van der Waals surface area contributed by atoms with E-state index in [1.807, 2.05) is 0 Å². The van der Waals surface area contributed by atoms with Crippen LogP contribution in [0.2, 0.25) is 10.0 Å². The predicted molar refractivity (Wildman–Crippen MR) is 83.8 cm³/mol. The number of amides is 1. The first-order chi connectivity index (χ1) is 10.5. The molecule has 0 aliphatic carbocycles. The average Bonchev–Trinajstić information content (AvgIpc) is 2.89. The van der Waals surface area contributed by atoms with Gasteiger partial charge in [0, 0.05) is 30.4 Å². The predicted octanol–water partition coefficient (Wildman–Crippen LogP) is 2.56. The van der Waals surface area contributed by atoms with Gasteiger partial charge in [-0.1, -0.05) is 29.3 Å². The van der Waals surface area contributed by atoms with E-state index in [-0.39, 0.29) is 24.1 Å². The van der Waals surface area contributed by atoms with E-state index in [0.717, 1.165) is 5.56 Å². The minimum absolute atomic E-state index is 0.245. The molecule has 1 aliphatic rings. The average molecular weight is 339 g/mol. The Kier molecular flexibility index (Phi) is 3.85. The van der Waals surface area contributed by atoms with Gasteiger partial charge in [-0.25, -0.2) is 0 Å². The Bertz CT molecular complexity index is 817. The van der Waals surface area contributed by atoms with Crippen molar-refractivity contribution in [3.63, 3.8) is 0 Å². The number of rotatable bonds is 2. The number of carbonyl (C=O) groups is 1. The molecule has 1 aromatic carbocycles. The van der Waals surface area contributed by atoms with E-state index in [1.165, 1.54) is 10.6 Å². The molecule has 1 N–H and O–H groups in total. The fraction of sp³-hybridized carbons (Fsp3) is 0.200. The number of benzene rings is 1. The number of hydrogen-bond donors (Lipinski definition) is 1. The van der Waals surface area contributed by atoms with Gasteiger partial charge in [-0.05, 0) is 12.1 Å². The summed E-state index contributed by atoms with van der Waals surface area (Å²) in [6.45, 7) is 0.270. The van der Waals surface area contributed by atoms with Gasteiger partial charge < -0.3 is 14.6 Å². The van der Waals surface area contributed by atoms with Crippen molar-refractivity contribution in [2.24, 2.45) is 7.05 Å². The zero-order valence-corrected chi connectivity index (χ0v) is 13.1. The van der Waals surface area contributed by atoms with Crippen molar-refractivity contribution in [3.05, 3.63) is 62.0 Å². The number of carbonyl (C=O) groups excluding carboxylic acids is 1. The lowest BCUT2D eigenvalue weighted by Gasteiger charge is -2.12. The maximum atomic E-state index is 12.3. The van der Waals surface area contributed by atoms with Crippen LogP contribution in [0.4, 0.5) is 0 Å². The lowest BCUT2D eigenvalue weighted by Crippen LogP contribution is -2.30. The number of ether oxygens (including phenoxy) is 1. The van der Waals surface area contributed by atoms with Gasteiger partial charge in [0.05, 0.1) is 11.1 Å². The molecule has 2 aromatic rings. The Labute approximate surface area is 136 Å². The van der Waals surface area contributed by atoms with Gasteiger partial charge >= 0.3 is 0 Å².